The van der Waals surface area contributed by atoms with Crippen LogP contribution in [0.1, 0.15) is 24.0 Å². The predicted octanol–water partition coefficient (Wildman–Crippen LogP) is 3.74. The number of likely N-dealkylation sites (N-methyl/N-ethyl adjacent to an activating group) is 1. The van der Waals surface area contributed by atoms with E-state index >= 15 is 0 Å². The van der Waals surface area contributed by atoms with Crippen LogP contribution >= 0.6 is 0 Å². The van der Waals surface area contributed by atoms with E-state index in [-0.39, 0.29) is 11.7 Å². The Morgan fingerprint density at radius 2 is 1.76 bits per heavy atom. The molecule has 1 unspecified atom stereocenters. The maximum atomic E-state index is 13.0. The lowest BCUT2D eigenvalue weighted by Crippen LogP contribution is -2.24. The summed E-state index contributed by atoms with van der Waals surface area (Å²) in [5.41, 5.74) is 2.27. The molecule has 0 radical (unpaired) electrons. The minimum absolute atomic E-state index is 0.203. The third kappa shape index (κ3) is 5.29. The van der Waals surface area contributed by atoms with Gasteiger partial charge in [-0.1, -0.05) is 49.4 Å². The molecule has 0 aliphatic carbocycles. The Kier molecular flexibility index (Phi) is 6.38. The highest BCUT2D eigenvalue weighted by Gasteiger charge is 2.11. The molecule has 0 heterocycles. The Hall–Kier alpha value is -1.71. The van der Waals surface area contributed by atoms with Gasteiger partial charge in [-0.25, -0.2) is 4.39 Å². The van der Waals surface area contributed by atoms with Crippen LogP contribution in [0.25, 0.3) is 0 Å². The summed E-state index contributed by atoms with van der Waals surface area (Å²) in [5.74, 6) is 0.0282. The molecule has 1 N–H and O–H groups in total. The van der Waals surface area contributed by atoms with Crippen molar-refractivity contribution in [3.63, 3.8) is 0 Å². The van der Waals surface area contributed by atoms with Gasteiger partial charge in [0.25, 0.3) is 0 Å². The van der Waals surface area contributed by atoms with E-state index < -0.39 is 0 Å². The molecule has 2 nitrogen and oxygen atoms in total. The van der Waals surface area contributed by atoms with Gasteiger partial charge in [0.1, 0.15) is 5.82 Å². The second-order valence-electron chi connectivity index (χ2n) is 5.06. The molecule has 2 rings (SSSR count). The molecule has 0 amide bonds. The van der Waals surface area contributed by atoms with Crippen molar-refractivity contribution in [2.45, 2.75) is 19.4 Å². The summed E-state index contributed by atoms with van der Waals surface area (Å²) in [5, 5.41) is 3.34. The summed E-state index contributed by atoms with van der Waals surface area (Å²) < 4.78 is 18.9. The molecule has 0 aliphatic heterocycles. The minimum atomic E-state index is -0.203. The zero-order chi connectivity index (χ0) is 14.9. The molecule has 0 saturated carbocycles. The Labute approximate surface area is 126 Å². The van der Waals surface area contributed by atoms with Crippen molar-refractivity contribution in [2.75, 3.05) is 19.7 Å². The fourth-order valence-corrected chi connectivity index (χ4v) is 2.22. The average Bonchev–Trinajstić information content (AvgIpc) is 2.53. The van der Waals surface area contributed by atoms with Crippen LogP contribution < -0.4 is 5.32 Å². The van der Waals surface area contributed by atoms with E-state index in [1.807, 2.05) is 30.3 Å². The minimum Gasteiger partial charge on any atom is -0.376 e. The lowest BCUT2D eigenvalue weighted by atomic mass is 10.00. The van der Waals surface area contributed by atoms with Gasteiger partial charge in [-0.3, -0.25) is 0 Å². The van der Waals surface area contributed by atoms with Gasteiger partial charge in [0.2, 0.25) is 0 Å². The molecule has 0 bridgehead atoms. The normalized spacial score (nSPS) is 12.3. The smallest absolute Gasteiger partial charge is 0.123 e. The third-order valence-corrected chi connectivity index (χ3v) is 3.41. The zero-order valence-electron chi connectivity index (χ0n) is 12.4. The first-order valence-electron chi connectivity index (χ1n) is 7.37. The standard InChI is InChI=1S/C18H22FNO/c1-2-20-12-17(16-8-10-18(19)11-9-16)14-21-13-15-6-4-3-5-7-15/h3-11,17,20H,2,12-14H2,1H3. The van der Waals surface area contributed by atoms with Crippen molar-refractivity contribution < 1.29 is 9.13 Å². The van der Waals surface area contributed by atoms with Gasteiger partial charge in [-0.2, -0.15) is 0 Å². The summed E-state index contributed by atoms with van der Waals surface area (Å²) in [6, 6.07) is 16.8. The maximum absolute atomic E-state index is 13.0. The molecule has 2 aromatic carbocycles. The number of benzene rings is 2. The highest BCUT2D eigenvalue weighted by atomic mass is 19.1. The summed E-state index contributed by atoms with van der Waals surface area (Å²) in [7, 11) is 0. The Bertz CT molecular complexity index is 513. The molecule has 0 aliphatic rings. The van der Waals surface area contributed by atoms with Crippen molar-refractivity contribution in [2.24, 2.45) is 0 Å². The van der Waals surface area contributed by atoms with Crippen LogP contribution in [0.15, 0.2) is 54.6 Å². The molecule has 112 valence electrons. The van der Waals surface area contributed by atoms with E-state index in [4.69, 9.17) is 4.74 Å². The number of halogens is 1. The van der Waals surface area contributed by atoms with Crippen molar-refractivity contribution >= 4 is 0 Å². The third-order valence-electron chi connectivity index (χ3n) is 3.41. The van der Waals surface area contributed by atoms with Crippen LogP contribution in [0.4, 0.5) is 4.39 Å². The molecular formula is C18H22FNO. The average molecular weight is 287 g/mol. The first-order valence-corrected chi connectivity index (χ1v) is 7.37. The van der Waals surface area contributed by atoms with Gasteiger partial charge in [-0.15, -0.1) is 0 Å². The first-order chi connectivity index (χ1) is 10.3. The Balaban J connectivity index is 1.91. The van der Waals surface area contributed by atoms with Gasteiger partial charge in [-0.05, 0) is 29.8 Å². The number of hydrogen-bond acceptors (Lipinski definition) is 2. The van der Waals surface area contributed by atoms with Gasteiger partial charge in [0.05, 0.1) is 13.2 Å². The SMILES string of the molecule is CCNCC(COCc1ccccc1)c1ccc(F)cc1. The van der Waals surface area contributed by atoms with Crippen molar-refractivity contribution in [3.05, 3.63) is 71.5 Å². The molecule has 0 fully saturated rings. The van der Waals surface area contributed by atoms with E-state index in [9.17, 15) is 4.39 Å². The monoisotopic (exact) mass is 287 g/mol. The van der Waals surface area contributed by atoms with E-state index in [0.29, 0.717) is 13.2 Å². The Morgan fingerprint density at radius 3 is 2.43 bits per heavy atom. The van der Waals surface area contributed by atoms with Gasteiger partial charge >= 0.3 is 0 Å². The Morgan fingerprint density at radius 1 is 1.05 bits per heavy atom. The van der Waals surface area contributed by atoms with Crippen LogP contribution in [0.3, 0.4) is 0 Å². The fraction of sp³-hybridized carbons (Fsp3) is 0.333. The van der Waals surface area contributed by atoms with Crippen molar-refractivity contribution in [3.8, 4) is 0 Å². The van der Waals surface area contributed by atoms with Crippen molar-refractivity contribution in [1.82, 2.24) is 5.32 Å². The predicted molar refractivity (Wildman–Crippen MR) is 83.8 cm³/mol. The molecular weight excluding hydrogens is 265 g/mol. The summed E-state index contributed by atoms with van der Waals surface area (Å²) in [6.07, 6.45) is 0. The molecule has 3 heteroatoms. The molecule has 0 saturated heterocycles. The molecule has 0 aromatic heterocycles. The summed E-state index contributed by atoms with van der Waals surface area (Å²) >= 11 is 0. The van der Waals surface area contributed by atoms with E-state index in [2.05, 4.69) is 24.4 Å². The highest BCUT2D eigenvalue weighted by Crippen LogP contribution is 2.17. The van der Waals surface area contributed by atoms with Gasteiger partial charge in [0, 0.05) is 12.5 Å². The lowest BCUT2D eigenvalue weighted by Gasteiger charge is -2.18. The van der Waals surface area contributed by atoms with E-state index in [1.54, 1.807) is 0 Å². The lowest BCUT2D eigenvalue weighted by molar-refractivity contribution is 0.106. The highest BCUT2D eigenvalue weighted by molar-refractivity contribution is 5.21. The van der Waals surface area contributed by atoms with Crippen LogP contribution in [-0.4, -0.2) is 19.7 Å². The number of hydrogen-bond donors (Lipinski definition) is 1. The quantitative estimate of drug-likeness (QED) is 0.798. The number of rotatable bonds is 8. The molecule has 2 aromatic rings. The van der Waals surface area contributed by atoms with Crippen LogP contribution in [0.2, 0.25) is 0 Å². The fourth-order valence-electron chi connectivity index (χ4n) is 2.22. The molecule has 0 spiro atoms. The van der Waals surface area contributed by atoms with Gasteiger partial charge in [0.15, 0.2) is 0 Å². The van der Waals surface area contributed by atoms with E-state index in [1.165, 1.54) is 17.7 Å². The second-order valence-corrected chi connectivity index (χ2v) is 5.06. The largest absolute Gasteiger partial charge is 0.376 e. The molecule has 21 heavy (non-hydrogen) atoms. The zero-order valence-corrected chi connectivity index (χ0v) is 12.4. The van der Waals surface area contributed by atoms with Crippen LogP contribution in [0.5, 0.6) is 0 Å². The van der Waals surface area contributed by atoms with E-state index in [0.717, 1.165) is 18.7 Å². The summed E-state index contributed by atoms with van der Waals surface area (Å²) in [6.45, 7) is 5.04. The van der Waals surface area contributed by atoms with Crippen molar-refractivity contribution in [1.29, 1.82) is 0 Å². The first kappa shape index (κ1) is 15.7. The second kappa shape index (κ2) is 8.55. The molecule has 1 atom stereocenters. The van der Waals surface area contributed by atoms with Crippen LogP contribution in [0, 0.1) is 5.82 Å². The van der Waals surface area contributed by atoms with Gasteiger partial charge < -0.3 is 10.1 Å². The summed E-state index contributed by atoms with van der Waals surface area (Å²) in [4.78, 5) is 0. The maximum Gasteiger partial charge on any atom is 0.123 e. The topological polar surface area (TPSA) is 21.3 Å². The van der Waals surface area contributed by atoms with Crippen LogP contribution in [-0.2, 0) is 11.3 Å². The number of nitrogens with one attached hydrogen (secondary N) is 1. The number of ether oxygens (including phenoxy) is 1.